The minimum absolute atomic E-state index is 0.215. The molecule has 0 bridgehead atoms. The fourth-order valence-electron chi connectivity index (χ4n) is 3.23. The quantitative estimate of drug-likeness (QED) is 0.631. The van der Waals surface area contributed by atoms with E-state index in [2.05, 4.69) is 26.6 Å². The monoisotopic (exact) mass is 416 g/mol. The minimum Gasteiger partial charge on any atom is -0.248 e. The molecular formula is C18H20N6O2S2. The highest BCUT2D eigenvalue weighted by molar-refractivity contribution is 7.99. The van der Waals surface area contributed by atoms with Gasteiger partial charge in [-0.25, -0.2) is 13.4 Å². The van der Waals surface area contributed by atoms with E-state index in [4.69, 9.17) is 0 Å². The highest BCUT2D eigenvalue weighted by Crippen LogP contribution is 2.27. The van der Waals surface area contributed by atoms with Crippen LogP contribution in [0.15, 0.2) is 51.6 Å². The number of hydrogen-bond acceptors (Lipinski definition) is 7. The second kappa shape index (κ2) is 7.61. The Labute approximate surface area is 168 Å². The molecule has 3 aromatic rings. The van der Waals surface area contributed by atoms with Crippen molar-refractivity contribution in [2.75, 3.05) is 13.1 Å². The standard InChI is InChI=1S/C18H20N6O2S2/c1-13-9-14(2)11-15(10-13)24-18(20-21-22-24)27-17-6-5-16(12-19-17)28(25,26)23-7-3-4-8-23/h5-6,9-12H,3-4,7-8H2,1-2H3. The number of aromatic nitrogens is 5. The Morgan fingerprint density at radius 2 is 1.75 bits per heavy atom. The maximum atomic E-state index is 12.6. The van der Waals surface area contributed by atoms with Crippen molar-refractivity contribution in [1.29, 1.82) is 0 Å². The molecule has 0 atom stereocenters. The molecule has 28 heavy (non-hydrogen) atoms. The molecule has 0 N–H and O–H groups in total. The van der Waals surface area contributed by atoms with Gasteiger partial charge in [0.1, 0.15) is 9.92 Å². The van der Waals surface area contributed by atoms with Crippen molar-refractivity contribution < 1.29 is 8.42 Å². The van der Waals surface area contributed by atoms with Crippen LogP contribution in [0.1, 0.15) is 24.0 Å². The molecule has 1 aliphatic heterocycles. The highest BCUT2D eigenvalue weighted by atomic mass is 32.2. The van der Waals surface area contributed by atoms with Crippen molar-refractivity contribution in [2.24, 2.45) is 0 Å². The van der Waals surface area contributed by atoms with Crippen LogP contribution in [0, 0.1) is 13.8 Å². The zero-order chi connectivity index (χ0) is 19.7. The van der Waals surface area contributed by atoms with Gasteiger partial charge in [-0.05, 0) is 84.3 Å². The summed E-state index contributed by atoms with van der Waals surface area (Å²) in [4.78, 5) is 4.52. The van der Waals surface area contributed by atoms with E-state index in [0.717, 1.165) is 29.7 Å². The Hall–Kier alpha value is -2.30. The molecule has 0 amide bonds. The van der Waals surface area contributed by atoms with Gasteiger partial charge in [0.05, 0.1) is 5.69 Å². The summed E-state index contributed by atoms with van der Waals surface area (Å²) >= 11 is 1.29. The van der Waals surface area contributed by atoms with Crippen LogP contribution in [-0.2, 0) is 10.0 Å². The third-order valence-corrected chi connectivity index (χ3v) is 7.27. The number of benzene rings is 1. The number of nitrogens with zero attached hydrogens (tertiary/aromatic N) is 6. The van der Waals surface area contributed by atoms with Crippen LogP contribution in [0.3, 0.4) is 0 Å². The number of tetrazole rings is 1. The van der Waals surface area contributed by atoms with Crippen LogP contribution >= 0.6 is 11.8 Å². The molecule has 0 aliphatic carbocycles. The van der Waals surface area contributed by atoms with Crippen LogP contribution in [-0.4, -0.2) is 51.0 Å². The van der Waals surface area contributed by atoms with Gasteiger partial charge in [0, 0.05) is 19.3 Å². The lowest BCUT2D eigenvalue weighted by atomic mass is 10.1. The van der Waals surface area contributed by atoms with Gasteiger partial charge in [-0.15, -0.1) is 5.10 Å². The van der Waals surface area contributed by atoms with Crippen molar-refractivity contribution in [3.8, 4) is 5.69 Å². The summed E-state index contributed by atoms with van der Waals surface area (Å²) in [5.74, 6) is 0. The molecule has 0 radical (unpaired) electrons. The molecule has 4 rings (SSSR count). The third kappa shape index (κ3) is 3.80. The zero-order valence-corrected chi connectivity index (χ0v) is 17.2. The molecule has 0 unspecified atom stereocenters. The van der Waals surface area contributed by atoms with Gasteiger partial charge in [0.15, 0.2) is 0 Å². The average Bonchev–Trinajstić information content (AvgIpc) is 3.34. The Morgan fingerprint density at radius 3 is 2.39 bits per heavy atom. The topological polar surface area (TPSA) is 93.9 Å². The maximum absolute atomic E-state index is 12.6. The molecule has 3 heterocycles. The van der Waals surface area contributed by atoms with E-state index < -0.39 is 10.0 Å². The molecule has 10 heteroatoms. The molecular weight excluding hydrogens is 396 g/mol. The van der Waals surface area contributed by atoms with Gasteiger partial charge < -0.3 is 0 Å². The van der Waals surface area contributed by atoms with Crippen LogP contribution in [0.4, 0.5) is 0 Å². The zero-order valence-electron chi connectivity index (χ0n) is 15.6. The van der Waals surface area contributed by atoms with Crippen LogP contribution in [0.2, 0.25) is 0 Å². The number of hydrogen-bond donors (Lipinski definition) is 0. The van der Waals surface area contributed by atoms with E-state index in [1.54, 1.807) is 16.8 Å². The number of pyridine rings is 1. The first-order valence-corrected chi connectivity index (χ1v) is 11.2. The van der Waals surface area contributed by atoms with E-state index in [0.29, 0.717) is 23.3 Å². The number of sulfonamides is 1. The van der Waals surface area contributed by atoms with Crippen LogP contribution < -0.4 is 0 Å². The largest absolute Gasteiger partial charge is 0.248 e. The first-order chi connectivity index (χ1) is 13.4. The van der Waals surface area contributed by atoms with Crippen molar-refractivity contribution in [1.82, 2.24) is 29.5 Å². The predicted molar refractivity (Wildman–Crippen MR) is 105 cm³/mol. The predicted octanol–water partition coefficient (Wildman–Crippen LogP) is 2.61. The van der Waals surface area contributed by atoms with Gasteiger partial charge in [-0.3, -0.25) is 0 Å². The van der Waals surface area contributed by atoms with Crippen LogP contribution in [0.25, 0.3) is 5.69 Å². The van der Waals surface area contributed by atoms with E-state index in [1.807, 2.05) is 26.0 Å². The summed E-state index contributed by atoms with van der Waals surface area (Å²) in [7, 11) is -3.46. The first-order valence-electron chi connectivity index (χ1n) is 8.94. The van der Waals surface area contributed by atoms with Crippen molar-refractivity contribution >= 4 is 21.8 Å². The molecule has 146 valence electrons. The van der Waals surface area contributed by atoms with Gasteiger partial charge in [0.25, 0.3) is 0 Å². The summed E-state index contributed by atoms with van der Waals surface area (Å²) in [5.41, 5.74) is 3.12. The van der Waals surface area contributed by atoms with Crippen molar-refractivity contribution in [3.63, 3.8) is 0 Å². The number of aryl methyl sites for hydroxylation is 2. The average molecular weight is 417 g/mol. The lowest BCUT2D eigenvalue weighted by Crippen LogP contribution is -2.27. The molecule has 8 nitrogen and oxygen atoms in total. The first kappa shape index (κ1) is 19.0. The van der Waals surface area contributed by atoms with Gasteiger partial charge >= 0.3 is 0 Å². The second-order valence-corrected chi connectivity index (χ2v) is 9.69. The third-order valence-electron chi connectivity index (χ3n) is 4.50. The molecule has 0 spiro atoms. The van der Waals surface area contributed by atoms with Gasteiger partial charge in [-0.2, -0.15) is 8.99 Å². The lowest BCUT2D eigenvalue weighted by molar-refractivity contribution is 0.477. The van der Waals surface area contributed by atoms with Gasteiger partial charge in [-0.1, -0.05) is 6.07 Å². The van der Waals surface area contributed by atoms with E-state index >= 15 is 0 Å². The van der Waals surface area contributed by atoms with Crippen molar-refractivity contribution in [3.05, 3.63) is 47.7 Å². The fourth-order valence-corrected chi connectivity index (χ4v) is 5.43. The molecule has 1 saturated heterocycles. The summed E-state index contributed by atoms with van der Waals surface area (Å²) in [6, 6.07) is 9.38. The van der Waals surface area contributed by atoms with Crippen LogP contribution in [0.5, 0.6) is 0 Å². The molecule has 1 aliphatic rings. The normalized spacial score (nSPS) is 15.2. The second-order valence-electron chi connectivity index (χ2n) is 6.76. The molecule has 2 aromatic heterocycles. The summed E-state index contributed by atoms with van der Waals surface area (Å²) in [6.07, 6.45) is 3.21. The summed E-state index contributed by atoms with van der Waals surface area (Å²) < 4.78 is 28.4. The summed E-state index contributed by atoms with van der Waals surface area (Å²) in [6.45, 7) is 5.19. The van der Waals surface area contributed by atoms with E-state index in [9.17, 15) is 8.42 Å². The maximum Gasteiger partial charge on any atom is 0.244 e. The SMILES string of the molecule is Cc1cc(C)cc(-n2nnnc2Sc2ccc(S(=O)(=O)N3CCCC3)cn2)c1. The van der Waals surface area contributed by atoms with Gasteiger partial charge in [0.2, 0.25) is 15.2 Å². The van der Waals surface area contributed by atoms with E-state index in [-0.39, 0.29) is 4.90 Å². The highest BCUT2D eigenvalue weighted by Gasteiger charge is 2.27. The Bertz CT molecular complexity index is 1070. The Kier molecular flexibility index (Phi) is 5.17. The lowest BCUT2D eigenvalue weighted by Gasteiger charge is -2.15. The smallest absolute Gasteiger partial charge is 0.244 e. The number of rotatable bonds is 5. The minimum atomic E-state index is -3.46. The van der Waals surface area contributed by atoms with E-state index in [1.165, 1.54) is 22.3 Å². The fraction of sp³-hybridized carbons (Fsp3) is 0.333. The summed E-state index contributed by atoms with van der Waals surface area (Å²) in [5, 5.41) is 13.1. The Balaban J connectivity index is 1.57. The Morgan fingerprint density at radius 1 is 1.04 bits per heavy atom. The van der Waals surface area contributed by atoms with Crippen molar-refractivity contribution in [2.45, 2.75) is 41.8 Å². The molecule has 1 aromatic carbocycles. The molecule has 0 saturated carbocycles. The molecule has 1 fully saturated rings.